The van der Waals surface area contributed by atoms with E-state index in [0.29, 0.717) is 6.04 Å². The molecule has 2 N–H and O–H groups in total. The zero-order chi connectivity index (χ0) is 12.5. The summed E-state index contributed by atoms with van der Waals surface area (Å²) in [4.78, 5) is 2.52. The van der Waals surface area contributed by atoms with E-state index >= 15 is 0 Å². The predicted molar refractivity (Wildman–Crippen MR) is 74.5 cm³/mol. The van der Waals surface area contributed by atoms with Crippen molar-refractivity contribution >= 4 is 5.69 Å². The Bertz CT molecular complexity index is 379. The minimum absolute atomic E-state index is 0.0773. The van der Waals surface area contributed by atoms with Gasteiger partial charge >= 0.3 is 0 Å². The third-order valence-corrected chi connectivity index (χ3v) is 3.66. The molecule has 0 bridgehead atoms. The molecule has 17 heavy (non-hydrogen) atoms. The van der Waals surface area contributed by atoms with Gasteiger partial charge in [0.2, 0.25) is 0 Å². The highest BCUT2D eigenvalue weighted by Crippen LogP contribution is 2.30. The van der Waals surface area contributed by atoms with E-state index < -0.39 is 0 Å². The number of benzene rings is 1. The maximum atomic E-state index is 6.09. The molecule has 0 aromatic heterocycles. The van der Waals surface area contributed by atoms with Crippen LogP contribution in [0, 0.1) is 0 Å². The van der Waals surface area contributed by atoms with Crippen molar-refractivity contribution in [2.75, 3.05) is 11.4 Å². The summed E-state index contributed by atoms with van der Waals surface area (Å²) in [5.41, 5.74) is 8.91. The van der Waals surface area contributed by atoms with Gasteiger partial charge < -0.3 is 10.6 Å². The van der Waals surface area contributed by atoms with Crippen LogP contribution in [-0.4, -0.2) is 18.1 Å². The molecule has 0 fully saturated rings. The van der Waals surface area contributed by atoms with E-state index in [1.165, 1.54) is 24.1 Å². The zero-order valence-electron chi connectivity index (χ0n) is 11.2. The summed E-state index contributed by atoms with van der Waals surface area (Å²) < 4.78 is 0. The van der Waals surface area contributed by atoms with Crippen molar-refractivity contribution in [2.24, 2.45) is 5.73 Å². The highest BCUT2D eigenvalue weighted by atomic mass is 15.2. The van der Waals surface area contributed by atoms with E-state index in [1.54, 1.807) is 0 Å². The molecule has 1 aliphatic heterocycles. The summed E-state index contributed by atoms with van der Waals surface area (Å²) in [6.07, 6.45) is 3.49. The van der Waals surface area contributed by atoms with Crippen molar-refractivity contribution in [1.29, 1.82) is 0 Å². The van der Waals surface area contributed by atoms with Crippen LogP contribution < -0.4 is 10.6 Å². The lowest BCUT2D eigenvalue weighted by atomic mass is 9.94. The molecule has 0 spiro atoms. The number of anilines is 1. The van der Waals surface area contributed by atoms with Crippen LogP contribution in [0.4, 0.5) is 5.69 Å². The van der Waals surface area contributed by atoms with E-state index in [2.05, 4.69) is 49.9 Å². The Morgan fingerprint density at radius 1 is 1.35 bits per heavy atom. The van der Waals surface area contributed by atoms with Gasteiger partial charge in [-0.1, -0.05) is 18.2 Å². The average Bonchev–Trinajstić information content (AvgIpc) is 2.26. The normalized spacial score (nSPS) is 20.2. The van der Waals surface area contributed by atoms with Crippen LogP contribution in [0.25, 0.3) is 0 Å². The van der Waals surface area contributed by atoms with Gasteiger partial charge in [0.1, 0.15) is 0 Å². The molecule has 1 heterocycles. The fourth-order valence-electron chi connectivity index (χ4n) is 2.51. The van der Waals surface area contributed by atoms with Crippen LogP contribution in [0.5, 0.6) is 0 Å². The maximum absolute atomic E-state index is 6.09. The minimum atomic E-state index is -0.0773. The molecule has 1 aliphatic rings. The molecular formula is C15H24N2. The summed E-state index contributed by atoms with van der Waals surface area (Å²) in [5.74, 6) is 0. The fraction of sp³-hybridized carbons (Fsp3) is 0.600. The van der Waals surface area contributed by atoms with Crippen molar-refractivity contribution in [2.45, 2.75) is 51.6 Å². The molecule has 0 saturated carbocycles. The number of hydrogen-bond acceptors (Lipinski definition) is 2. The van der Waals surface area contributed by atoms with Gasteiger partial charge in [0.15, 0.2) is 0 Å². The van der Waals surface area contributed by atoms with Gasteiger partial charge in [-0.3, -0.25) is 0 Å². The quantitative estimate of drug-likeness (QED) is 0.868. The largest absolute Gasteiger partial charge is 0.369 e. The second-order valence-corrected chi connectivity index (χ2v) is 5.95. The Morgan fingerprint density at radius 3 is 2.76 bits per heavy atom. The Kier molecular flexibility index (Phi) is 3.43. The fourth-order valence-corrected chi connectivity index (χ4v) is 2.51. The van der Waals surface area contributed by atoms with Crippen LogP contribution in [0.1, 0.15) is 39.2 Å². The summed E-state index contributed by atoms with van der Waals surface area (Å²) in [6, 6.07) is 9.40. The third-order valence-electron chi connectivity index (χ3n) is 3.66. The van der Waals surface area contributed by atoms with Crippen molar-refractivity contribution in [3.63, 3.8) is 0 Å². The van der Waals surface area contributed by atoms with Crippen molar-refractivity contribution in [1.82, 2.24) is 0 Å². The molecule has 0 aliphatic carbocycles. The number of hydrogen-bond donors (Lipinski definition) is 1. The lowest BCUT2D eigenvalue weighted by Crippen LogP contribution is -2.42. The summed E-state index contributed by atoms with van der Waals surface area (Å²) in [7, 11) is 0. The Balaban J connectivity index is 2.15. The Hall–Kier alpha value is -1.02. The third kappa shape index (κ3) is 3.01. The number of para-hydroxylation sites is 1. The van der Waals surface area contributed by atoms with Crippen LogP contribution in [0.3, 0.4) is 0 Å². The molecular weight excluding hydrogens is 208 g/mol. The molecule has 2 nitrogen and oxygen atoms in total. The zero-order valence-corrected chi connectivity index (χ0v) is 11.2. The van der Waals surface area contributed by atoms with Crippen LogP contribution in [0.15, 0.2) is 24.3 Å². The van der Waals surface area contributed by atoms with Gasteiger partial charge in [-0.2, -0.15) is 0 Å². The first-order chi connectivity index (χ1) is 7.97. The van der Waals surface area contributed by atoms with Gasteiger partial charge in [-0.05, 0) is 51.7 Å². The van der Waals surface area contributed by atoms with Crippen LogP contribution >= 0.6 is 0 Å². The van der Waals surface area contributed by atoms with E-state index in [1.807, 2.05) is 0 Å². The first-order valence-corrected chi connectivity index (χ1v) is 6.61. The SMILES string of the molecule is CC1CCc2ccccc2N1CCC(C)(C)N. The molecule has 1 aromatic carbocycles. The smallest absolute Gasteiger partial charge is 0.0401 e. The number of fused-ring (bicyclic) bond motifs is 1. The molecule has 0 saturated heterocycles. The van der Waals surface area contributed by atoms with Crippen LogP contribution in [0.2, 0.25) is 0 Å². The Morgan fingerprint density at radius 2 is 2.06 bits per heavy atom. The molecule has 0 amide bonds. The standard InChI is InChI=1S/C15H24N2/c1-12-8-9-13-6-4-5-7-14(13)17(12)11-10-15(2,3)16/h4-7,12H,8-11,16H2,1-3H3. The molecule has 0 radical (unpaired) electrons. The molecule has 1 atom stereocenters. The van der Waals surface area contributed by atoms with Crippen LogP contribution in [-0.2, 0) is 6.42 Å². The summed E-state index contributed by atoms with van der Waals surface area (Å²) >= 11 is 0. The molecule has 94 valence electrons. The molecule has 1 unspecified atom stereocenters. The topological polar surface area (TPSA) is 29.3 Å². The van der Waals surface area contributed by atoms with Gasteiger partial charge in [-0.25, -0.2) is 0 Å². The van der Waals surface area contributed by atoms with Crippen molar-refractivity contribution in [3.05, 3.63) is 29.8 Å². The van der Waals surface area contributed by atoms with E-state index in [-0.39, 0.29) is 5.54 Å². The second-order valence-electron chi connectivity index (χ2n) is 5.95. The van der Waals surface area contributed by atoms with Gasteiger partial charge in [-0.15, -0.1) is 0 Å². The molecule has 1 aromatic rings. The maximum Gasteiger partial charge on any atom is 0.0401 e. The number of nitrogens with two attached hydrogens (primary N) is 1. The first kappa shape index (κ1) is 12.4. The monoisotopic (exact) mass is 232 g/mol. The lowest BCUT2D eigenvalue weighted by molar-refractivity contribution is 0.451. The highest BCUT2D eigenvalue weighted by molar-refractivity contribution is 5.56. The predicted octanol–water partition coefficient (Wildman–Crippen LogP) is 2.96. The molecule has 2 rings (SSSR count). The van der Waals surface area contributed by atoms with E-state index in [0.717, 1.165) is 13.0 Å². The minimum Gasteiger partial charge on any atom is -0.369 e. The highest BCUT2D eigenvalue weighted by Gasteiger charge is 2.23. The van der Waals surface area contributed by atoms with Crippen molar-refractivity contribution < 1.29 is 0 Å². The molecule has 2 heteroatoms. The Labute approximate surface area is 105 Å². The second kappa shape index (κ2) is 4.69. The van der Waals surface area contributed by atoms with E-state index in [9.17, 15) is 0 Å². The number of aryl methyl sites for hydroxylation is 1. The average molecular weight is 232 g/mol. The van der Waals surface area contributed by atoms with Gasteiger partial charge in [0.25, 0.3) is 0 Å². The summed E-state index contributed by atoms with van der Waals surface area (Å²) in [5, 5.41) is 0. The lowest BCUT2D eigenvalue weighted by Gasteiger charge is -2.38. The number of nitrogens with zero attached hydrogens (tertiary/aromatic N) is 1. The van der Waals surface area contributed by atoms with Gasteiger partial charge in [0.05, 0.1) is 0 Å². The van der Waals surface area contributed by atoms with E-state index in [4.69, 9.17) is 5.73 Å². The first-order valence-electron chi connectivity index (χ1n) is 6.61. The van der Waals surface area contributed by atoms with Gasteiger partial charge in [0, 0.05) is 23.8 Å². The summed E-state index contributed by atoms with van der Waals surface area (Å²) in [6.45, 7) is 7.59. The number of rotatable bonds is 3. The van der Waals surface area contributed by atoms with Crippen molar-refractivity contribution in [3.8, 4) is 0 Å².